The second-order valence-corrected chi connectivity index (χ2v) is 7.32. The Morgan fingerprint density at radius 1 is 0.889 bits per heavy atom. The zero-order valence-electron chi connectivity index (χ0n) is 16.0. The van der Waals surface area contributed by atoms with Crippen molar-refractivity contribution < 1.29 is 9.53 Å². The molecule has 0 aliphatic heterocycles. The van der Waals surface area contributed by atoms with Crippen LogP contribution in [0.2, 0.25) is 0 Å². The summed E-state index contributed by atoms with van der Waals surface area (Å²) >= 11 is 0. The molecule has 1 N–H and O–H groups in total. The number of hydrogen-bond acceptors (Lipinski definition) is 4. The summed E-state index contributed by atoms with van der Waals surface area (Å²) in [5.74, 6) is 0.340. The van der Waals surface area contributed by atoms with E-state index in [0.29, 0.717) is 11.4 Å². The van der Waals surface area contributed by atoms with Gasteiger partial charge in [-0.15, -0.1) is 10.2 Å². The lowest BCUT2D eigenvalue weighted by Crippen LogP contribution is -2.14. The van der Waals surface area contributed by atoms with Gasteiger partial charge in [0, 0.05) is 22.9 Å². The van der Waals surface area contributed by atoms with Crippen LogP contribution in [0.25, 0.3) is 11.3 Å². The minimum atomic E-state index is -0.132. The van der Waals surface area contributed by atoms with Crippen LogP contribution < -0.4 is 10.1 Å². The van der Waals surface area contributed by atoms with E-state index in [1.807, 2.05) is 54.6 Å². The van der Waals surface area contributed by atoms with Crippen LogP contribution in [-0.2, 0) is 5.41 Å². The van der Waals surface area contributed by atoms with Gasteiger partial charge in [-0.25, -0.2) is 0 Å². The van der Waals surface area contributed by atoms with E-state index >= 15 is 0 Å². The summed E-state index contributed by atoms with van der Waals surface area (Å²) in [5, 5.41) is 11.0. The van der Waals surface area contributed by atoms with Crippen molar-refractivity contribution in [1.29, 1.82) is 0 Å². The number of carbonyl (C=O) groups is 1. The fraction of sp³-hybridized carbons (Fsp3) is 0.227. The molecule has 0 aliphatic rings. The second-order valence-electron chi connectivity index (χ2n) is 7.32. The third kappa shape index (κ3) is 4.50. The average molecular weight is 361 g/mol. The number of amides is 1. The van der Waals surface area contributed by atoms with Crippen molar-refractivity contribution in [1.82, 2.24) is 10.2 Å². The molecule has 0 unspecified atom stereocenters. The summed E-state index contributed by atoms with van der Waals surface area (Å²) in [6, 6.07) is 18.8. The Kier molecular flexibility index (Phi) is 5.21. The highest BCUT2D eigenvalue weighted by atomic mass is 16.5. The number of anilines is 1. The number of aromatic nitrogens is 2. The van der Waals surface area contributed by atoms with Gasteiger partial charge in [-0.2, -0.15) is 0 Å². The SMILES string of the molecule is COc1ccc(-c2ccc(NC(=O)c3ccc(C(C)(C)C)cc3)cc2)nn1. The van der Waals surface area contributed by atoms with Gasteiger partial charge in [0.05, 0.1) is 12.8 Å². The number of ether oxygens (including phenoxy) is 1. The summed E-state index contributed by atoms with van der Waals surface area (Å²) in [5.41, 5.74) is 4.28. The molecule has 1 heterocycles. The van der Waals surface area contributed by atoms with Crippen molar-refractivity contribution in [3.63, 3.8) is 0 Å². The van der Waals surface area contributed by atoms with Crippen LogP contribution in [-0.4, -0.2) is 23.2 Å². The van der Waals surface area contributed by atoms with Crippen LogP contribution in [0.3, 0.4) is 0 Å². The fourth-order valence-electron chi connectivity index (χ4n) is 2.63. The second kappa shape index (κ2) is 7.58. The predicted molar refractivity (Wildman–Crippen MR) is 107 cm³/mol. The molecule has 3 rings (SSSR count). The van der Waals surface area contributed by atoms with Crippen molar-refractivity contribution >= 4 is 11.6 Å². The molecule has 3 aromatic rings. The minimum Gasteiger partial charge on any atom is -0.480 e. The largest absolute Gasteiger partial charge is 0.480 e. The molecule has 1 aromatic heterocycles. The van der Waals surface area contributed by atoms with Crippen LogP contribution >= 0.6 is 0 Å². The van der Waals surface area contributed by atoms with E-state index in [0.717, 1.165) is 16.9 Å². The molecule has 27 heavy (non-hydrogen) atoms. The van der Waals surface area contributed by atoms with Gasteiger partial charge in [0.15, 0.2) is 0 Å². The van der Waals surface area contributed by atoms with E-state index < -0.39 is 0 Å². The predicted octanol–water partition coefficient (Wildman–Crippen LogP) is 4.70. The highest BCUT2D eigenvalue weighted by Gasteiger charge is 2.14. The number of rotatable bonds is 4. The number of hydrogen-bond donors (Lipinski definition) is 1. The molecule has 0 atom stereocenters. The van der Waals surface area contributed by atoms with Crippen molar-refractivity contribution in [3.8, 4) is 17.1 Å². The van der Waals surface area contributed by atoms with E-state index in [1.165, 1.54) is 5.56 Å². The summed E-state index contributed by atoms with van der Waals surface area (Å²) in [7, 11) is 1.55. The first kappa shape index (κ1) is 18.6. The molecule has 5 heteroatoms. The highest BCUT2D eigenvalue weighted by Crippen LogP contribution is 2.23. The number of methoxy groups -OCH3 is 1. The summed E-state index contributed by atoms with van der Waals surface area (Å²) in [6.45, 7) is 6.45. The van der Waals surface area contributed by atoms with Gasteiger partial charge in [0.1, 0.15) is 0 Å². The van der Waals surface area contributed by atoms with Gasteiger partial charge < -0.3 is 10.1 Å². The molecule has 0 fully saturated rings. The van der Waals surface area contributed by atoms with Gasteiger partial charge in [-0.05, 0) is 41.3 Å². The molecular weight excluding hydrogens is 338 g/mol. The Morgan fingerprint density at radius 2 is 1.56 bits per heavy atom. The van der Waals surface area contributed by atoms with E-state index in [9.17, 15) is 4.79 Å². The smallest absolute Gasteiger partial charge is 0.255 e. The molecule has 138 valence electrons. The number of nitrogens with zero attached hydrogens (tertiary/aromatic N) is 2. The Hall–Kier alpha value is -3.21. The lowest BCUT2D eigenvalue weighted by atomic mass is 9.87. The lowest BCUT2D eigenvalue weighted by Gasteiger charge is -2.19. The third-order valence-corrected chi connectivity index (χ3v) is 4.30. The van der Waals surface area contributed by atoms with Gasteiger partial charge >= 0.3 is 0 Å². The quantitative estimate of drug-likeness (QED) is 0.731. The topological polar surface area (TPSA) is 64.1 Å². The maximum atomic E-state index is 12.5. The maximum absolute atomic E-state index is 12.5. The van der Waals surface area contributed by atoms with Crippen molar-refractivity contribution in [2.45, 2.75) is 26.2 Å². The first-order valence-electron chi connectivity index (χ1n) is 8.77. The normalized spacial score (nSPS) is 11.1. The van der Waals surface area contributed by atoms with Crippen LogP contribution in [0, 0.1) is 0 Å². The fourth-order valence-corrected chi connectivity index (χ4v) is 2.63. The van der Waals surface area contributed by atoms with Crippen LogP contribution in [0.15, 0.2) is 60.7 Å². The van der Waals surface area contributed by atoms with Crippen LogP contribution in [0.1, 0.15) is 36.7 Å². The maximum Gasteiger partial charge on any atom is 0.255 e. The Morgan fingerprint density at radius 3 is 2.07 bits per heavy atom. The Balaban J connectivity index is 1.69. The molecule has 0 spiro atoms. The van der Waals surface area contributed by atoms with E-state index in [-0.39, 0.29) is 11.3 Å². The van der Waals surface area contributed by atoms with E-state index in [1.54, 1.807) is 13.2 Å². The monoisotopic (exact) mass is 361 g/mol. The molecule has 0 saturated heterocycles. The van der Waals surface area contributed by atoms with Gasteiger partial charge in [-0.1, -0.05) is 45.0 Å². The van der Waals surface area contributed by atoms with E-state index in [2.05, 4.69) is 36.3 Å². The van der Waals surface area contributed by atoms with Crippen molar-refractivity contribution in [2.24, 2.45) is 0 Å². The highest BCUT2D eigenvalue weighted by molar-refractivity contribution is 6.04. The molecule has 0 bridgehead atoms. The molecular formula is C22H23N3O2. The van der Waals surface area contributed by atoms with Gasteiger partial charge in [0.25, 0.3) is 5.91 Å². The molecule has 0 aliphatic carbocycles. The van der Waals surface area contributed by atoms with Gasteiger partial charge in [0.2, 0.25) is 5.88 Å². The summed E-state index contributed by atoms with van der Waals surface area (Å²) in [6.07, 6.45) is 0. The molecule has 0 saturated carbocycles. The zero-order valence-corrected chi connectivity index (χ0v) is 16.0. The Bertz CT molecular complexity index is 910. The van der Waals surface area contributed by atoms with E-state index in [4.69, 9.17) is 4.74 Å². The average Bonchev–Trinajstić information content (AvgIpc) is 2.68. The summed E-state index contributed by atoms with van der Waals surface area (Å²) < 4.78 is 5.01. The summed E-state index contributed by atoms with van der Waals surface area (Å²) in [4.78, 5) is 12.5. The number of carbonyl (C=O) groups excluding carboxylic acids is 1. The first-order chi connectivity index (χ1) is 12.9. The van der Waals surface area contributed by atoms with Crippen LogP contribution in [0.5, 0.6) is 5.88 Å². The first-order valence-corrected chi connectivity index (χ1v) is 8.77. The Labute approximate surface area is 159 Å². The standard InChI is InChI=1S/C22H23N3O2/c1-22(2,3)17-9-5-16(6-10-17)21(26)23-18-11-7-15(8-12-18)19-13-14-20(27-4)25-24-19/h5-14H,1-4H3,(H,23,26). The molecule has 0 radical (unpaired) electrons. The van der Waals surface area contributed by atoms with Gasteiger partial charge in [-0.3, -0.25) is 4.79 Å². The third-order valence-electron chi connectivity index (χ3n) is 4.30. The molecule has 2 aromatic carbocycles. The van der Waals surface area contributed by atoms with Crippen molar-refractivity contribution in [3.05, 3.63) is 71.8 Å². The minimum absolute atomic E-state index is 0.0647. The zero-order chi connectivity index (χ0) is 19.4. The van der Waals surface area contributed by atoms with Crippen molar-refractivity contribution in [2.75, 3.05) is 12.4 Å². The molecule has 1 amide bonds. The number of benzene rings is 2. The lowest BCUT2D eigenvalue weighted by molar-refractivity contribution is 0.102. The molecule has 5 nitrogen and oxygen atoms in total. The van der Waals surface area contributed by atoms with Crippen LogP contribution in [0.4, 0.5) is 5.69 Å². The number of nitrogens with one attached hydrogen (secondary N) is 1.